The molecule has 7 nitrogen and oxygen atoms in total. The quantitative estimate of drug-likeness (QED) is 0.667. The highest BCUT2D eigenvalue weighted by atomic mass is 16.5. The van der Waals surface area contributed by atoms with Gasteiger partial charge < -0.3 is 14.4 Å². The monoisotopic (exact) mass is 363 g/mol. The average molecular weight is 363 g/mol. The van der Waals surface area contributed by atoms with E-state index in [1.165, 1.54) is 0 Å². The second-order valence-corrected chi connectivity index (χ2v) is 6.46. The molecule has 3 heterocycles. The smallest absolute Gasteiger partial charge is 0.233 e. The van der Waals surface area contributed by atoms with Crippen LogP contribution in [0.15, 0.2) is 54.9 Å². The summed E-state index contributed by atoms with van der Waals surface area (Å²) in [6, 6.07) is 13.8. The van der Waals surface area contributed by atoms with Crippen molar-refractivity contribution in [1.82, 2.24) is 20.2 Å². The Morgan fingerprint density at radius 3 is 2.56 bits per heavy atom. The van der Waals surface area contributed by atoms with E-state index >= 15 is 0 Å². The van der Waals surface area contributed by atoms with Gasteiger partial charge >= 0.3 is 0 Å². The van der Waals surface area contributed by atoms with Crippen molar-refractivity contribution in [3.8, 4) is 22.9 Å². The normalized spacial score (nSPS) is 16.3. The Morgan fingerprint density at radius 2 is 1.85 bits per heavy atom. The van der Waals surface area contributed by atoms with Crippen molar-refractivity contribution in [1.29, 1.82) is 0 Å². The maximum Gasteiger partial charge on any atom is 0.233 e. The van der Waals surface area contributed by atoms with E-state index in [1.54, 1.807) is 19.5 Å². The number of nitrogens with zero attached hydrogens (tertiary/aromatic N) is 5. The van der Waals surface area contributed by atoms with Crippen LogP contribution in [0.1, 0.15) is 6.42 Å². The number of anilines is 1. The highest BCUT2D eigenvalue weighted by Crippen LogP contribution is 2.23. The molecule has 7 heteroatoms. The third kappa shape index (κ3) is 4.13. The van der Waals surface area contributed by atoms with Gasteiger partial charge in [-0.15, -0.1) is 10.2 Å². The number of aromatic nitrogens is 4. The molecule has 1 aliphatic rings. The summed E-state index contributed by atoms with van der Waals surface area (Å²) < 4.78 is 10.9. The number of hydrogen-bond donors (Lipinski definition) is 0. The summed E-state index contributed by atoms with van der Waals surface area (Å²) in [5, 5.41) is 8.44. The number of methoxy groups -OCH3 is 1. The molecule has 4 rings (SSSR count). The van der Waals surface area contributed by atoms with Gasteiger partial charge in [0.05, 0.1) is 31.8 Å². The van der Waals surface area contributed by atoms with E-state index in [0.717, 1.165) is 36.7 Å². The highest BCUT2D eigenvalue weighted by molar-refractivity contribution is 5.58. The van der Waals surface area contributed by atoms with Gasteiger partial charge in [0, 0.05) is 30.6 Å². The molecule has 0 aliphatic carbocycles. The topological polar surface area (TPSA) is 73.3 Å². The van der Waals surface area contributed by atoms with Crippen molar-refractivity contribution in [2.75, 3.05) is 31.7 Å². The molecule has 138 valence electrons. The summed E-state index contributed by atoms with van der Waals surface area (Å²) >= 11 is 0. The van der Waals surface area contributed by atoms with Crippen LogP contribution in [0.25, 0.3) is 11.3 Å². The molecule has 0 spiro atoms. The van der Waals surface area contributed by atoms with Crippen molar-refractivity contribution in [3.63, 3.8) is 0 Å². The van der Waals surface area contributed by atoms with Crippen LogP contribution in [0, 0.1) is 5.92 Å². The SMILES string of the molecule is COc1cnc(N2CCC(COc3ccc(-c4ccccc4)nn3)C2)nc1. The first-order valence-corrected chi connectivity index (χ1v) is 8.95. The molecular formula is C20H21N5O2. The Bertz CT molecular complexity index is 856. The van der Waals surface area contributed by atoms with E-state index in [2.05, 4.69) is 25.1 Å². The summed E-state index contributed by atoms with van der Waals surface area (Å²) in [4.78, 5) is 10.9. The van der Waals surface area contributed by atoms with Crippen LogP contribution < -0.4 is 14.4 Å². The van der Waals surface area contributed by atoms with Gasteiger partial charge in [-0.2, -0.15) is 0 Å². The van der Waals surface area contributed by atoms with Crippen LogP contribution in [0.5, 0.6) is 11.6 Å². The number of ether oxygens (including phenoxy) is 2. The van der Waals surface area contributed by atoms with Gasteiger partial charge in [0.25, 0.3) is 0 Å². The fourth-order valence-electron chi connectivity index (χ4n) is 3.09. The molecule has 1 fully saturated rings. The second kappa shape index (κ2) is 7.99. The molecule has 1 aliphatic heterocycles. The minimum atomic E-state index is 0.409. The van der Waals surface area contributed by atoms with Crippen LogP contribution in [0.4, 0.5) is 5.95 Å². The first-order valence-electron chi connectivity index (χ1n) is 8.95. The predicted molar refractivity (Wildman–Crippen MR) is 102 cm³/mol. The molecule has 0 amide bonds. The largest absolute Gasteiger partial charge is 0.494 e. The van der Waals surface area contributed by atoms with E-state index in [-0.39, 0.29) is 0 Å². The summed E-state index contributed by atoms with van der Waals surface area (Å²) in [6.07, 6.45) is 4.41. The van der Waals surface area contributed by atoms with Crippen molar-refractivity contribution < 1.29 is 9.47 Å². The summed E-state index contributed by atoms with van der Waals surface area (Å²) in [6.45, 7) is 2.38. The van der Waals surface area contributed by atoms with Gasteiger partial charge in [0.1, 0.15) is 0 Å². The molecule has 1 saturated heterocycles. The van der Waals surface area contributed by atoms with Gasteiger partial charge in [-0.05, 0) is 12.5 Å². The zero-order chi connectivity index (χ0) is 18.5. The predicted octanol–water partition coefficient (Wildman–Crippen LogP) is 2.85. The lowest BCUT2D eigenvalue weighted by atomic mass is 10.1. The standard InChI is InChI=1S/C20H21N5O2/c1-26-17-11-21-20(22-12-17)25-10-9-15(13-25)14-27-19-8-7-18(23-24-19)16-5-3-2-4-6-16/h2-8,11-12,15H,9-10,13-14H2,1H3. The van der Waals surface area contributed by atoms with Crippen molar-refractivity contribution in [2.24, 2.45) is 5.92 Å². The molecule has 27 heavy (non-hydrogen) atoms. The fourth-order valence-corrected chi connectivity index (χ4v) is 3.09. The third-order valence-electron chi connectivity index (χ3n) is 4.60. The van der Waals surface area contributed by atoms with Gasteiger partial charge in [0.2, 0.25) is 11.8 Å². The average Bonchev–Trinajstić information content (AvgIpc) is 3.22. The Balaban J connectivity index is 1.30. The highest BCUT2D eigenvalue weighted by Gasteiger charge is 2.25. The van der Waals surface area contributed by atoms with Gasteiger partial charge in [-0.1, -0.05) is 30.3 Å². The Hall–Kier alpha value is -3.22. The molecule has 0 radical (unpaired) electrons. The Kier molecular flexibility index (Phi) is 5.09. The first kappa shape index (κ1) is 17.2. The van der Waals surface area contributed by atoms with E-state index in [4.69, 9.17) is 9.47 Å². The van der Waals surface area contributed by atoms with E-state index in [1.807, 2.05) is 42.5 Å². The molecular weight excluding hydrogens is 342 g/mol. The fraction of sp³-hybridized carbons (Fsp3) is 0.300. The molecule has 3 aromatic rings. The molecule has 1 aromatic carbocycles. The Morgan fingerprint density at radius 1 is 1.04 bits per heavy atom. The lowest BCUT2D eigenvalue weighted by molar-refractivity contribution is 0.249. The minimum absolute atomic E-state index is 0.409. The maximum absolute atomic E-state index is 5.84. The molecule has 1 atom stereocenters. The van der Waals surface area contributed by atoms with Gasteiger partial charge in [-0.3, -0.25) is 0 Å². The van der Waals surface area contributed by atoms with Crippen LogP contribution in [0.2, 0.25) is 0 Å². The maximum atomic E-state index is 5.84. The van der Waals surface area contributed by atoms with E-state index < -0.39 is 0 Å². The summed E-state index contributed by atoms with van der Waals surface area (Å²) in [5.74, 6) is 2.35. The van der Waals surface area contributed by atoms with Crippen molar-refractivity contribution in [3.05, 3.63) is 54.9 Å². The van der Waals surface area contributed by atoms with Crippen LogP contribution in [-0.4, -0.2) is 47.0 Å². The second-order valence-electron chi connectivity index (χ2n) is 6.46. The minimum Gasteiger partial charge on any atom is -0.494 e. The van der Waals surface area contributed by atoms with Crippen LogP contribution >= 0.6 is 0 Å². The lowest BCUT2D eigenvalue weighted by Gasteiger charge is -2.16. The molecule has 1 unspecified atom stereocenters. The molecule has 2 aromatic heterocycles. The van der Waals surface area contributed by atoms with E-state index in [9.17, 15) is 0 Å². The Labute approximate surface area is 158 Å². The number of rotatable bonds is 6. The number of hydrogen-bond acceptors (Lipinski definition) is 7. The third-order valence-corrected chi connectivity index (χ3v) is 4.60. The van der Waals surface area contributed by atoms with Gasteiger partial charge in [-0.25, -0.2) is 9.97 Å². The number of benzene rings is 1. The van der Waals surface area contributed by atoms with Gasteiger partial charge in [0.15, 0.2) is 5.75 Å². The summed E-state index contributed by atoms with van der Waals surface area (Å²) in [5.41, 5.74) is 1.88. The molecule has 0 saturated carbocycles. The zero-order valence-electron chi connectivity index (χ0n) is 15.2. The van der Waals surface area contributed by atoms with E-state index in [0.29, 0.717) is 24.2 Å². The molecule has 0 N–H and O–H groups in total. The van der Waals surface area contributed by atoms with Crippen LogP contribution in [-0.2, 0) is 0 Å². The first-order chi connectivity index (χ1) is 13.3. The van der Waals surface area contributed by atoms with Crippen LogP contribution in [0.3, 0.4) is 0 Å². The zero-order valence-corrected chi connectivity index (χ0v) is 15.2. The summed E-state index contributed by atoms with van der Waals surface area (Å²) in [7, 11) is 1.61. The lowest BCUT2D eigenvalue weighted by Crippen LogP contribution is -2.23. The van der Waals surface area contributed by atoms with Crippen molar-refractivity contribution >= 4 is 5.95 Å². The molecule has 0 bridgehead atoms. The van der Waals surface area contributed by atoms with Crippen molar-refractivity contribution in [2.45, 2.75) is 6.42 Å².